The molecule has 19 heavy (non-hydrogen) atoms. The number of amides is 2. The zero-order valence-corrected chi connectivity index (χ0v) is 10.7. The lowest BCUT2D eigenvalue weighted by molar-refractivity contribution is -0.121. The summed E-state index contributed by atoms with van der Waals surface area (Å²) < 4.78 is 0. The summed E-state index contributed by atoms with van der Waals surface area (Å²) in [6, 6.07) is 7.58. The molecule has 0 saturated heterocycles. The van der Waals surface area contributed by atoms with Crippen LogP contribution in [0.25, 0.3) is 0 Å². The topological polar surface area (TPSA) is 82.6 Å². The maximum absolute atomic E-state index is 11.9. The number of benzene rings is 1. The van der Waals surface area contributed by atoms with Crippen LogP contribution in [0.5, 0.6) is 0 Å². The van der Waals surface area contributed by atoms with E-state index in [0.717, 1.165) is 17.8 Å². The zero-order valence-electron chi connectivity index (χ0n) is 10.7. The van der Waals surface area contributed by atoms with E-state index in [-0.39, 0.29) is 11.8 Å². The van der Waals surface area contributed by atoms with Crippen LogP contribution in [0.2, 0.25) is 0 Å². The lowest BCUT2D eigenvalue weighted by Crippen LogP contribution is -2.32. The molecule has 1 heterocycles. The summed E-state index contributed by atoms with van der Waals surface area (Å²) in [5.41, 5.74) is 4.46. The third-order valence-electron chi connectivity index (χ3n) is 2.73. The number of nitrogens with one attached hydrogen (secondary N) is 3. The Hall–Kier alpha value is -2.21. The van der Waals surface area contributed by atoms with E-state index in [1.807, 2.05) is 31.3 Å². The number of nitrogens with zero attached hydrogens (tertiary/aromatic N) is 1. The molecule has 1 aliphatic heterocycles. The molecule has 0 atom stereocenters. The van der Waals surface area contributed by atoms with Gasteiger partial charge < -0.3 is 10.6 Å². The summed E-state index contributed by atoms with van der Waals surface area (Å²) in [5, 5.41) is 9.58. The molecule has 2 rings (SSSR count). The van der Waals surface area contributed by atoms with Crippen molar-refractivity contribution in [3.05, 3.63) is 29.8 Å². The predicted octanol–water partition coefficient (Wildman–Crippen LogP) is 0.610. The highest BCUT2D eigenvalue weighted by Crippen LogP contribution is 2.11. The van der Waals surface area contributed by atoms with Gasteiger partial charge in [0.2, 0.25) is 5.91 Å². The van der Waals surface area contributed by atoms with Crippen LogP contribution in [0.3, 0.4) is 0 Å². The molecule has 0 aliphatic carbocycles. The van der Waals surface area contributed by atoms with Gasteiger partial charge >= 0.3 is 0 Å². The first-order valence-electron chi connectivity index (χ1n) is 6.09. The molecule has 1 aromatic carbocycles. The van der Waals surface area contributed by atoms with Crippen LogP contribution in [0, 0.1) is 0 Å². The second kappa shape index (κ2) is 6.10. The zero-order chi connectivity index (χ0) is 13.7. The van der Waals surface area contributed by atoms with Crippen LogP contribution in [0.4, 0.5) is 5.69 Å². The quantitative estimate of drug-likeness (QED) is 0.741. The van der Waals surface area contributed by atoms with Crippen molar-refractivity contribution in [2.24, 2.45) is 5.10 Å². The standard InChI is InChI=1S/C13H16N4O2/c1-14-8-9-3-2-4-10(7-9)15-13(19)11-5-6-12(18)17-16-11/h2-4,7,14H,5-6,8H2,1H3,(H,15,19)(H,17,18). The number of hydrogen-bond donors (Lipinski definition) is 3. The maximum atomic E-state index is 11.9. The van der Waals surface area contributed by atoms with Gasteiger partial charge in [0.05, 0.1) is 0 Å². The van der Waals surface area contributed by atoms with E-state index in [2.05, 4.69) is 21.2 Å². The van der Waals surface area contributed by atoms with Gasteiger partial charge in [-0.1, -0.05) is 12.1 Å². The fourth-order valence-electron chi connectivity index (χ4n) is 1.80. The molecular formula is C13H16N4O2. The summed E-state index contributed by atoms with van der Waals surface area (Å²) in [4.78, 5) is 22.9. The number of rotatable bonds is 4. The molecule has 0 radical (unpaired) electrons. The molecule has 1 aliphatic rings. The first-order valence-corrected chi connectivity index (χ1v) is 6.09. The molecule has 0 unspecified atom stereocenters. The van der Waals surface area contributed by atoms with Crippen molar-refractivity contribution in [1.29, 1.82) is 0 Å². The smallest absolute Gasteiger partial charge is 0.271 e. The molecule has 6 heteroatoms. The Morgan fingerprint density at radius 3 is 2.95 bits per heavy atom. The number of hydrazone groups is 1. The fraction of sp³-hybridized carbons (Fsp3) is 0.308. The van der Waals surface area contributed by atoms with Crippen molar-refractivity contribution < 1.29 is 9.59 Å². The monoisotopic (exact) mass is 260 g/mol. The summed E-state index contributed by atoms with van der Waals surface area (Å²) in [6.07, 6.45) is 0.667. The lowest BCUT2D eigenvalue weighted by atomic mass is 10.1. The highest BCUT2D eigenvalue weighted by molar-refractivity contribution is 6.43. The van der Waals surface area contributed by atoms with E-state index in [1.54, 1.807) is 0 Å². The van der Waals surface area contributed by atoms with Crippen molar-refractivity contribution >= 4 is 23.2 Å². The van der Waals surface area contributed by atoms with Gasteiger partial charge in [-0.3, -0.25) is 9.59 Å². The molecule has 100 valence electrons. The van der Waals surface area contributed by atoms with Gasteiger partial charge in [0, 0.05) is 25.1 Å². The van der Waals surface area contributed by atoms with Gasteiger partial charge in [0.25, 0.3) is 5.91 Å². The number of carbonyl (C=O) groups excluding carboxylic acids is 2. The summed E-state index contributed by atoms with van der Waals surface area (Å²) in [7, 11) is 1.87. The molecule has 6 nitrogen and oxygen atoms in total. The average molecular weight is 260 g/mol. The van der Waals surface area contributed by atoms with Gasteiger partial charge in [0.1, 0.15) is 5.71 Å². The summed E-state index contributed by atoms with van der Waals surface area (Å²) >= 11 is 0. The van der Waals surface area contributed by atoms with E-state index in [0.29, 0.717) is 18.6 Å². The predicted molar refractivity (Wildman–Crippen MR) is 72.6 cm³/mol. The van der Waals surface area contributed by atoms with Gasteiger partial charge in [0.15, 0.2) is 0 Å². The van der Waals surface area contributed by atoms with Crippen LogP contribution in [0.1, 0.15) is 18.4 Å². The SMILES string of the molecule is CNCc1cccc(NC(=O)C2=NNC(=O)CC2)c1. The lowest BCUT2D eigenvalue weighted by Gasteiger charge is -2.12. The van der Waals surface area contributed by atoms with E-state index in [1.165, 1.54) is 0 Å². The van der Waals surface area contributed by atoms with Crippen LogP contribution in [-0.2, 0) is 16.1 Å². The first kappa shape index (κ1) is 13.2. The first-order chi connectivity index (χ1) is 9.19. The Morgan fingerprint density at radius 2 is 2.26 bits per heavy atom. The molecule has 2 amide bonds. The molecule has 3 N–H and O–H groups in total. The molecule has 0 aromatic heterocycles. The molecule has 1 aromatic rings. The van der Waals surface area contributed by atoms with Gasteiger partial charge in [-0.2, -0.15) is 5.10 Å². The average Bonchev–Trinajstić information content (AvgIpc) is 2.40. The number of carbonyl (C=O) groups is 2. The maximum Gasteiger partial charge on any atom is 0.271 e. The molecular weight excluding hydrogens is 244 g/mol. The highest BCUT2D eigenvalue weighted by atomic mass is 16.2. The Balaban J connectivity index is 2.02. The van der Waals surface area contributed by atoms with Crippen molar-refractivity contribution in [2.75, 3.05) is 12.4 Å². The van der Waals surface area contributed by atoms with Crippen LogP contribution in [0.15, 0.2) is 29.4 Å². The Morgan fingerprint density at radius 1 is 1.42 bits per heavy atom. The number of hydrogen-bond acceptors (Lipinski definition) is 4. The molecule has 0 bridgehead atoms. The van der Waals surface area contributed by atoms with Crippen molar-refractivity contribution in [3.8, 4) is 0 Å². The normalized spacial score (nSPS) is 14.6. The van der Waals surface area contributed by atoms with Crippen molar-refractivity contribution in [3.63, 3.8) is 0 Å². The van der Waals surface area contributed by atoms with Crippen molar-refractivity contribution in [1.82, 2.24) is 10.7 Å². The van der Waals surface area contributed by atoms with Gasteiger partial charge in [-0.05, 0) is 24.7 Å². The van der Waals surface area contributed by atoms with Crippen molar-refractivity contribution in [2.45, 2.75) is 19.4 Å². The van der Waals surface area contributed by atoms with Crippen LogP contribution < -0.4 is 16.1 Å². The van der Waals surface area contributed by atoms with Gasteiger partial charge in [-0.25, -0.2) is 5.43 Å². The summed E-state index contributed by atoms with van der Waals surface area (Å²) in [6.45, 7) is 0.737. The Labute approximate surface area is 111 Å². The minimum absolute atomic E-state index is 0.160. The second-order valence-electron chi connectivity index (χ2n) is 4.28. The second-order valence-corrected chi connectivity index (χ2v) is 4.28. The summed E-state index contributed by atoms with van der Waals surface area (Å²) in [5.74, 6) is -0.436. The molecule has 0 fully saturated rings. The van der Waals surface area contributed by atoms with E-state index >= 15 is 0 Å². The van der Waals surface area contributed by atoms with Crippen LogP contribution >= 0.6 is 0 Å². The Kier molecular flexibility index (Phi) is 4.25. The number of anilines is 1. The van der Waals surface area contributed by atoms with E-state index in [9.17, 15) is 9.59 Å². The third-order valence-corrected chi connectivity index (χ3v) is 2.73. The minimum Gasteiger partial charge on any atom is -0.321 e. The Bertz CT molecular complexity index is 525. The minimum atomic E-state index is -0.276. The van der Waals surface area contributed by atoms with E-state index < -0.39 is 0 Å². The largest absolute Gasteiger partial charge is 0.321 e. The van der Waals surface area contributed by atoms with E-state index in [4.69, 9.17) is 0 Å². The molecule has 0 saturated carbocycles. The fourth-order valence-corrected chi connectivity index (χ4v) is 1.80. The molecule has 0 spiro atoms. The highest BCUT2D eigenvalue weighted by Gasteiger charge is 2.18. The third kappa shape index (κ3) is 3.62. The van der Waals surface area contributed by atoms with Crippen LogP contribution in [-0.4, -0.2) is 24.6 Å². The van der Waals surface area contributed by atoms with Gasteiger partial charge in [-0.15, -0.1) is 0 Å².